The quantitative estimate of drug-likeness (QED) is 0.421. The standard InChI is InChI=1S/C13H14N2O3/c1-3-18-9-12(17)13(10(2)16)15-14-11-7-5-4-6-8-11/h3-8,13H,1,9H2,2H3. The van der Waals surface area contributed by atoms with Crippen LogP contribution in [0.15, 0.2) is 53.4 Å². The van der Waals surface area contributed by atoms with Crippen molar-refractivity contribution < 1.29 is 14.3 Å². The number of Topliss-reactive ketones (excluding diaryl/α,β-unsaturated/α-hetero) is 2. The van der Waals surface area contributed by atoms with Crippen LogP contribution in [0.2, 0.25) is 0 Å². The summed E-state index contributed by atoms with van der Waals surface area (Å²) in [5.41, 5.74) is 0.584. The van der Waals surface area contributed by atoms with Crippen LogP contribution in [-0.2, 0) is 14.3 Å². The summed E-state index contributed by atoms with van der Waals surface area (Å²) < 4.78 is 4.74. The summed E-state index contributed by atoms with van der Waals surface area (Å²) in [6, 6.07) is 7.76. The Balaban J connectivity index is 2.74. The van der Waals surface area contributed by atoms with E-state index >= 15 is 0 Å². The Morgan fingerprint density at radius 3 is 2.61 bits per heavy atom. The van der Waals surface area contributed by atoms with Gasteiger partial charge in [-0.25, -0.2) is 0 Å². The lowest BCUT2D eigenvalue weighted by Crippen LogP contribution is -2.29. The first-order valence-electron chi connectivity index (χ1n) is 5.36. The first kappa shape index (κ1) is 13.8. The maximum atomic E-state index is 11.6. The minimum atomic E-state index is -1.12. The van der Waals surface area contributed by atoms with E-state index in [1.165, 1.54) is 6.92 Å². The van der Waals surface area contributed by atoms with E-state index in [0.717, 1.165) is 6.26 Å². The van der Waals surface area contributed by atoms with E-state index in [0.29, 0.717) is 5.69 Å². The van der Waals surface area contributed by atoms with Crippen molar-refractivity contribution >= 4 is 17.3 Å². The Kier molecular flexibility index (Phi) is 5.44. The van der Waals surface area contributed by atoms with Crippen molar-refractivity contribution in [3.05, 3.63) is 43.2 Å². The molecule has 18 heavy (non-hydrogen) atoms. The second-order valence-corrected chi connectivity index (χ2v) is 3.51. The maximum absolute atomic E-state index is 11.6. The maximum Gasteiger partial charge on any atom is 0.203 e. The summed E-state index contributed by atoms with van der Waals surface area (Å²) >= 11 is 0. The molecule has 1 atom stereocenters. The van der Waals surface area contributed by atoms with Gasteiger partial charge in [-0.05, 0) is 19.1 Å². The normalized spacial score (nSPS) is 12.1. The summed E-state index contributed by atoms with van der Waals surface area (Å²) in [6.45, 7) is 4.37. The number of rotatable bonds is 7. The molecule has 5 nitrogen and oxygen atoms in total. The van der Waals surface area contributed by atoms with Crippen LogP contribution >= 0.6 is 0 Å². The van der Waals surface area contributed by atoms with Gasteiger partial charge in [-0.1, -0.05) is 24.8 Å². The molecule has 0 saturated heterocycles. The molecular formula is C13H14N2O3. The Morgan fingerprint density at radius 1 is 1.39 bits per heavy atom. The van der Waals surface area contributed by atoms with Crippen LogP contribution in [-0.4, -0.2) is 24.2 Å². The fraction of sp³-hybridized carbons (Fsp3) is 0.231. The lowest BCUT2D eigenvalue weighted by molar-refractivity contribution is -0.129. The molecule has 5 heteroatoms. The van der Waals surface area contributed by atoms with Crippen molar-refractivity contribution in [2.45, 2.75) is 13.0 Å². The van der Waals surface area contributed by atoms with E-state index in [-0.39, 0.29) is 12.4 Å². The van der Waals surface area contributed by atoms with Gasteiger partial charge in [-0.2, -0.15) is 10.2 Å². The van der Waals surface area contributed by atoms with Crippen LogP contribution in [0.3, 0.4) is 0 Å². The number of benzene rings is 1. The van der Waals surface area contributed by atoms with Gasteiger partial charge in [0, 0.05) is 0 Å². The summed E-state index contributed by atoms with van der Waals surface area (Å²) in [7, 11) is 0. The molecule has 94 valence electrons. The van der Waals surface area contributed by atoms with Crippen molar-refractivity contribution in [1.29, 1.82) is 0 Å². The number of ketones is 2. The first-order chi connectivity index (χ1) is 8.65. The number of azo groups is 1. The van der Waals surface area contributed by atoms with Crippen LogP contribution in [0, 0.1) is 0 Å². The monoisotopic (exact) mass is 246 g/mol. The predicted octanol–water partition coefficient (Wildman–Crippen LogP) is 2.46. The van der Waals surface area contributed by atoms with E-state index in [9.17, 15) is 9.59 Å². The van der Waals surface area contributed by atoms with E-state index in [2.05, 4.69) is 16.8 Å². The topological polar surface area (TPSA) is 68.1 Å². The van der Waals surface area contributed by atoms with E-state index in [1.54, 1.807) is 24.3 Å². The van der Waals surface area contributed by atoms with Crippen LogP contribution in [0.1, 0.15) is 6.92 Å². The summed E-state index contributed by atoms with van der Waals surface area (Å²) in [4.78, 5) is 22.9. The molecule has 0 aliphatic rings. The van der Waals surface area contributed by atoms with Crippen LogP contribution in [0.25, 0.3) is 0 Å². The minimum Gasteiger partial charge on any atom is -0.494 e. The zero-order valence-corrected chi connectivity index (χ0v) is 10.1. The molecule has 0 saturated carbocycles. The molecule has 1 unspecified atom stereocenters. The summed E-state index contributed by atoms with van der Waals surface area (Å²) in [6.07, 6.45) is 1.14. The Labute approximate surface area is 105 Å². The highest BCUT2D eigenvalue weighted by molar-refractivity contribution is 6.06. The first-order valence-corrected chi connectivity index (χ1v) is 5.36. The van der Waals surface area contributed by atoms with Crippen LogP contribution in [0.5, 0.6) is 0 Å². The van der Waals surface area contributed by atoms with Gasteiger partial charge in [-0.3, -0.25) is 9.59 Å². The number of hydrogen-bond donors (Lipinski definition) is 0. The average molecular weight is 246 g/mol. The van der Waals surface area contributed by atoms with Crippen molar-refractivity contribution in [1.82, 2.24) is 0 Å². The Bertz CT molecular complexity index is 455. The number of ether oxygens (including phenoxy) is 1. The van der Waals surface area contributed by atoms with Gasteiger partial charge in [0.15, 0.2) is 11.8 Å². The van der Waals surface area contributed by atoms with Gasteiger partial charge >= 0.3 is 0 Å². The number of carbonyl (C=O) groups excluding carboxylic acids is 2. The van der Waals surface area contributed by atoms with Gasteiger partial charge < -0.3 is 4.74 Å². The van der Waals surface area contributed by atoms with Crippen LogP contribution < -0.4 is 0 Å². The zero-order chi connectivity index (χ0) is 13.4. The van der Waals surface area contributed by atoms with Crippen molar-refractivity contribution in [3.8, 4) is 0 Å². The molecule has 0 spiro atoms. The summed E-state index contributed by atoms with van der Waals surface area (Å²) in [5, 5.41) is 7.62. The largest absolute Gasteiger partial charge is 0.494 e. The molecule has 0 aliphatic carbocycles. The fourth-order valence-corrected chi connectivity index (χ4v) is 1.21. The lowest BCUT2D eigenvalue weighted by atomic mass is 10.1. The van der Waals surface area contributed by atoms with E-state index < -0.39 is 11.8 Å². The number of nitrogens with zero attached hydrogens (tertiary/aromatic N) is 2. The zero-order valence-electron chi connectivity index (χ0n) is 10.1. The SMILES string of the molecule is C=COCC(=O)C(N=Nc1ccccc1)C(C)=O. The Hall–Kier alpha value is -2.30. The third-order valence-electron chi connectivity index (χ3n) is 2.08. The number of hydrogen-bond acceptors (Lipinski definition) is 5. The minimum absolute atomic E-state index is 0.235. The lowest BCUT2D eigenvalue weighted by Gasteiger charge is -2.05. The molecule has 0 aliphatic heterocycles. The molecule has 1 rings (SSSR count). The highest BCUT2D eigenvalue weighted by atomic mass is 16.5. The Morgan fingerprint density at radius 2 is 2.06 bits per heavy atom. The molecular weight excluding hydrogens is 232 g/mol. The molecule has 0 radical (unpaired) electrons. The molecule has 1 aromatic carbocycles. The third-order valence-corrected chi connectivity index (χ3v) is 2.08. The van der Waals surface area contributed by atoms with Crippen molar-refractivity contribution in [3.63, 3.8) is 0 Å². The molecule has 0 N–H and O–H groups in total. The summed E-state index contributed by atoms with van der Waals surface area (Å²) in [5.74, 6) is -0.811. The van der Waals surface area contributed by atoms with Gasteiger partial charge in [0.05, 0.1) is 11.9 Å². The van der Waals surface area contributed by atoms with Gasteiger partial charge in [-0.15, -0.1) is 0 Å². The highest BCUT2D eigenvalue weighted by Crippen LogP contribution is 2.12. The van der Waals surface area contributed by atoms with Gasteiger partial charge in [0.1, 0.15) is 6.61 Å². The molecule has 0 fully saturated rings. The van der Waals surface area contributed by atoms with Crippen LogP contribution in [0.4, 0.5) is 5.69 Å². The van der Waals surface area contributed by atoms with Gasteiger partial charge in [0.25, 0.3) is 0 Å². The molecule has 1 aromatic rings. The van der Waals surface area contributed by atoms with Crippen molar-refractivity contribution in [2.24, 2.45) is 10.2 Å². The van der Waals surface area contributed by atoms with Crippen molar-refractivity contribution in [2.75, 3.05) is 6.61 Å². The number of carbonyl (C=O) groups is 2. The molecule has 0 heterocycles. The predicted molar refractivity (Wildman–Crippen MR) is 66.6 cm³/mol. The fourth-order valence-electron chi connectivity index (χ4n) is 1.21. The van der Waals surface area contributed by atoms with E-state index in [1.807, 2.05) is 6.07 Å². The van der Waals surface area contributed by atoms with E-state index in [4.69, 9.17) is 4.74 Å². The second-order valence-electron chi connectivity index (χ2n) is 3.51. The molecule has 0 bridgehead atoms. The second kappa shape index (κ2) is 7.11. The van der Waals surface area contributed by atoms with Gasteiger partial charge in [0.2, 0.25) is 5.78 Å². The highest BCUT2D eigenvalue weighted by Gasteiger charge is 2.22. The smallest absolute Gasteiger partial charge is 0.203 e. The third kappa shape index (κ3) is 4.29. The average Bonchev–Trinajstić information content (AvgIpc) is 2.37. The molecule has 0 aromatic heterocycles. The molecule has 0 amide bonds.